The highest BCUT2D eigenvalue weighted by Crippen LogP contribution is 2.30. The third-order valence-electron chi connectivity index (χ3n) is 5.43. The predicted molar refractivity (Wildman–Crippen MR) is 125 cm³/mol. The number of rotatable bonds is 5. The number of hydrogen-bond donors (Lipinski definition) is 2. The normalized spacial score (nSPS) is 15.8. The van der Waals surface area contributed by atoms with Crippen molar-refractivity contribution in [2.45, 2.75) is 25.7 Å². The van der Waals surface area contributed by atoms with Crippen LogP contribution in [0.5, 0.6) is 5.75 Å². The van der Waals surface area contributed by atoms with E-state index in [0.29, 0.717) is 23.8 Å². The van der Waals surface area contributed by atoms with Gasteiger partial charge in [0.05, 0.1) is 7.11 Å². The zero-order valence-corrected chi connectivity index (χ0v) is 18.8. The minimum Gasteiger partial charge on any atom is -0.497 e. The third-order valence-corrected chi connectivity index (χ3v) is 6.51. The molecule has 3 amide bonds. The summed E-state index contributed by atoms with van der Waals surface area (Å²) in [5, 5.41) is 15.2. The van der Waals surface area contributed by atoms with Crippen LogP contribution in [0.25, 0.3) is 0 Å². The average molecular weight is 452 g/mol. The Morgan fingerprint density at radius 1 is 1.09 bits per heavy atom. The number of nitrogens with one attached hydrogen (secondary N) is 2. The second-order valence-corrected chi connectivity index (χ2v) is 8.67. The van der Waals surface area contributed by atoms with Gasteiger partial charge in [-0.1, -0.05) is 29.5 Å². The van der Waals surface area contributed by atoms with Crippen LogP contribution in [-0.2, 0) is 0 Å². The van der Waals surface area contributed by atoms with Crippen LogP contribution in [0.1, 0.15) is 39.1 Å². The number of hydrogen-bond acceptors (Lipinski definition) is 6. The molecule has 0 spiro atoms. The number of anilines is 2. The van der Waals surface area contributed by atoms with Gasteiger partial charge < -0.3 is 20.3 Å². The lowest BCUT2D eigenvalue weighted by molar-refractivity contribution is 0.102. The Kier molecular flexibility index (Phi) is 6.65. The topological polar surface area (TPSA) is 96.4 Å². The van der Waals surface area contributed by atoms with Crippen molar-refractivity contribution in [3.63, 3.8) is 0 Å². The molecule has 1 atom stereocenters. The molecule has 1 aromatic heterocycles. The van der Waals surface area contributed by atoms with Gasteiger partial charge in [0.1, 0.15) is 10.8 Å². The van der Waals surface area contributed by atoms with Gasteiger partial charge in [0.25, 0.3) is 5.91 Å². The van der Waals surface area contributed by atoms with Gasteiger partial charge in [-0.15, -0.1) is 10.2 Å². The fourth-order valence-electron chi connectivity index (χ4n) is 3.62. The Morgan fingerprint density at radius 3 is 2.62 bits per heavy atom. The van der Waals surface area contributed by atoms with Crippen LogP contribution in [0.3, 0.4) is 0 Å². The zero-order chi connectivity index (χ0) is 22.5. The summed E-state index contributed by atoms with van der Waals surface area (Å²) in [6.45, 7) is 3.21. The summed E-state index contributed by atoms with van der Waals surface area (Å²) in [6, 6.07) is 14.7. The van der Waals surface area contributed by atoms with Gasteiger partial charge in [0.15, 0.2) is 0 Å². The molecule has 1 fully saturated rings. The van der Waals surface area contributed by atoms with Crippen LogP contribution in [0.4, 0.5) is 16.2 Å². The van der Waals surface area contributed by atoms with E-state index in [-0.39, 0.29) is 17.9 Å². The highest BCUT2D eigenvalue weighted by atomic mass is 32.1. The number of aryl methyl sites for hydroxylation is 1. The van der Waals surface area contributed by atoms with Crippen molar-refractivity contribution in [2.75, 3.05) is 30.8 Å². The quantitative estimate of drug-likeness (QED) is 0.595. The molecule has 166 valence electrons. The molecule has 0 radical (unpaired) electrons. The summed E-state index contributed by atoms with van der Waals surface area (Å²) in [5.41, 5.74) is 2.49. The number of methoxy groups -OCH3 is 1. The molecule has 0 aliphatic carbocycles. The monoisotopic (exact) mass is 451 g/mol. The van der Waals surface area contributed by atoms with Crippen LogP contribution in [-0.4, -0.2) is 47.2 Å². The molecule has 4 rings (SSSR count). The predicted octanol–water partition coefficient (Wildman–Crippen LogP) is 4.52. The van der Waals surface area contributed by atoms with Crippen molar-refractivity contribution in [2.24, 2.45) is 0 Å². The van der Waals surface area contributed by atoms with Crippen LogP contribution in [0.2, 0.25) is 0 Å². The SMILES string of the molecule is COc1ccc(NC(=O)c2nnc([C@H]3CCCN(C(=O)Nc4ccccc4C)C3)s2)cc1. The first-order chi connectivity index (χ1) is 15.5. The van der Waals surface area contributed by atoms with E-state index in [0.717, 1.165) is 34.8 Å². The average Bonchev–Trinajstić information content (AvgIpc) is 3.32. The molecule has 3 aromatic rings. The molecule has 2 aromatic carbocycles. The van der Waals surface area contributed by atoms with E-state index in [9.17, 15) is 9.59 Å². The summed E-state index contributed by atoms with van der Waals surface area (Å²) >= 11 is 1.28. The Bertz CT molecular complexity index is 1100. The molecule has 9 heteroatoms. The molecule has 2 heterocycles. The van der Waals surface area contributed by atoms with Crippen molar-refractivity contribution in [1.82, 2.24) is 15.1 Å². The van der Waals surface area contributed by atoms with Gasteiger partial charge in [-0.25, -0.2) is 4.79 Å². The maximum Gasteiger partial charge on any atom is 0.321 e. The summed E-state index contributed by atoms with van der Waals surface area (Å²) in [4.78, 5) is 27.1. The van der Waals surface area contributed by atoms with Gasteiger partial charge in [0, 0.05) is 30.4 Å². The van der Waals surface area contributed by atoms with Crippen LogP contribution in [0.15, 0.2) is 48.5 Å². The Morgan fingerprint density at radius 2 is 1.88 bits per heavy atom. The Labute approximate surface area is 190 Å². The first kappa shape index (κ1) is 21.8. The van der Waals surface area contributed by atoms with Gasteiger partial charge in [0.2, 0.25) is 5.01 Å². The molecule has 0 bridgehead atoms. The van der Waals surface area contributed by atoms with E-state index in [1.807, 2.05) is 31.2 Å². The number of ether oxygens (including phenoxy) is 1. The first-order valence-electron chi connectivity index (χ1n) is 10.4. The van der Waals surface area contributed by atoms with E-state index >= 15 is 0 Å². The molecule has 1 aliphatic heterocycles. The highest BCUT2D eigenvalue weighted by Gasteiger charge is 2.28. The minimum absolute atomic E-state index is 0.0615. The smallest absolute Gasteiger partial charge is 0.321 e. The van der Waals surface area contributed by atoms with Crippen LogP contribution >= 0.6 is 11.3 Å². The highest BCUT2D eigenvalue weighted by molar-refractivity contribution is 7.13. The largest absolute Gasteiger partial charge is 0.497 e. The number of piperidine rings is 1. The van der Waals surface area contributed by atoms with E-state index in [1.165, 1.54) is 11.3 Å². The Hall–Kier alpha value is -3.46. The van der Waals surface area contributed by atoms with Crippen LogP contribution in [0, 0.1) is 6.92 Å². The van der Waals surface area contributed by atoms with Gasteiger partial charge in [-0.3, -0.25) is 4.79 Å². The second kappa shape index (κ2) is 9.78. The number of benzene rings is 2. The summed E-state index contributed by atoms with van der Waals surface area (Å²) in [6.07, 6.45) is 1.78. The molecule has 8 nitrogen and oxygen atoms in total. The van der Waals surface area contributed by atoms with Crippen molar-refractivity contribution in [3.8, 4) is 5.75 Å². The minimum atomic E-state index is -0.302. The molecule has 0 unspecified atom stereocenters. The van der Waals surface area contributed by atoms with Crippen molar-refractivity contribution < 1.29 is 14.3 Å². The van der Waals surface area contributed by atoms with Crippen molar-refractivity contribution in [3.05, 3.63) is 64.1 Å². The molecular formula is C23H25N5O3S. The lowest BCUT2D eigenvalue weighted by Crippen LogP contribution is -2.41. The molecule has 32 heavy (non-hydrogen) atoms. The zero-order valence-electron chi connectivity index (χ0n) is 18.0. The number of likely N-dealkylation sites (tertiary alicyclic amines) is 1. The van der Waals surface area contributed by atoms with Crippen LogP contribution < -0.4 is 15.4 Å². The fourth-order valence-corrected chi connectivity index (χ4v) is 4.48. The molecular weight excluding hydrogens is 426 g/mol. The number of nitrogens with zero attached hydrogens (tertiary/aromatic N) is 3. The van der Waals surface area contributed by atoms with Gasteiger partial charge >= 0.3 is 6.03 Å². The number of urea groups is 1. The standard InChI is InChI=1S/C23H25N5O3S/c1-15-6-3-4-8-19(15)25-23(30)28-13-5-7-16(14-28)21-26-27-22(32-21)20(29)24-17-9-11-18(31-2)12-10-17/h3-4,6,8-12,16H,5,7,13-14H2,1-2H3,(H,24,29)(H,25,30)/t16-/m0/s1. The summed E-state index contributed by atoms with van der Waals surface area (Å²) in [7, 11) is 1.59. The molecule has 1 saturated heterocycles. The van der Waals surface area contributed by atoms with E-state index in [2.05, 4.69) is 20.8 Å². The number of carbonyl (C=O) groups excluding carboxylic acids is 2. The Balaban J connectivity index is 1.38. The number of amides is 3. The molecule has 0 saturated carbocycles. The van der Waals surface area contributed by atoms with Gasteiger partial charge in [-0.05, 0) is 55.7 Å². The lowest BCUT2D eigenvalue weighted by atomic mass is 9.99. The fraction of sp³-hybridized carbons (Fsp3) is 0.304. The lowest BCUT2D eigenvalue weighted by Gasteiger charge is -2.31. The summed E-state index contributed by atoms with van der Waals surface area (Å²) in [5.74, 6) is 0.477. The van der Waals surface area contributed by atoms with Crippen molar-refractivity contribution in [1.29, 1.82) is 0 Å². The molecule has 1 aliphatic rings. The summed E-state index contributed by atoms with van der Waals surface area (Å²) < 4.78 is 5.13. The van der Waals surface area contributed by atoms with Crippen molar-refractivity contribution >= 4 is 34.6 Å². The maximum atomic E-state index is 12.8. The second-order valence-electron chi connectivity index (χ2n) is 7.66. The van der Waals surface area contributed by atoms with E-state index < -0.39 is 0 Å². The number of carbonyl (C=O) groups is 2. The van der Waals surface area contributed by atoms with E-state index in [1.54, 1.807) is 36.3 Å². The van der Waals surface area contributed by atoms with E-state index in [4.69, 9.17) is 4.74 Å². The number of aromatic nitrogens is 2. The first-order valence-corrected chi connectivity index (χ1v) is 11.3. The third kappa shape index (κ3) is 5.05. The maximum absolute atomic E-state index is 12.8. The molecule has 2 N–H and O–H groups in total. The number of para-hydroxylation sites is 1. The van der Waals surface area contributed by atoms with Gasteiger partial charge in [-0.2, -0.15) is 0 Å².